The molecule has 2 atom stereocenters. The molecule has 0 spiro atoms. The van der Waals surface area contributed by atoms with E-state index in [1.54, 1.807) is 0 Å². The van der Waals surface area contributed by atoms with Gasteiger partial charge in [0.2, 0.25) is 0 Å². The molecule has 2 unspecified atom stereocenters. The molecule has 0 fully saturated rings. The first-order chi connectivity index (χ1) is 7.28. The zero-order valence-corrected chi connectivity index (χ0v) is 10.7. The van der Waals surface area contributed by atoms with Crippen molar-refractivity contribution >= 4 is 8.73 Å². The Balaban J connectivity index is 3.93. The van der Waals surface area contributed by atoms with Crippen molar-refractivity contribution in [3.63, 3.8) is 0 Å². The van der Waals surface area contributed by atoms with Gasteiger partial charge in [0.25, 0.3) is 0 Å². The fraction of sp³-hybridized carbons (Fsp3) is 0.818. The monoisotopic (exact) mass is 225 g/mol. The SMILES string of the molecule is CCCCCC(CCC)PN(C#N)C#N. The molecule has 0 saturated carbocycles. The highest BCUT2D eigenvalue weighted by molar-refractivity contribution is 7.36. The Hall–Kier alpha value is -0.790. The van der Waals surface area contributed by atoms with Gasteiger partial charge in [-0.2, -0.15) is 15.2 Å². The summed E-state index contributed by atoms with van der Waals surface area (Å²) in [6, 6.07) is 0. The van der Waals surface area contributed by atoms with E-state index in [1.165, 1.54) is 23.9 Å². The number of hydrogen-bond donors (Lipinski definition) is 0. The molecule has 15 heavy (non-hydrogen) atoms. The van der Waals surface area contributed by atoms with Crippen LogP contribution in [0.25, 0.3) is 0 Å². The van der Waals surface area contributed by atoms with Gasteiger partial charge >= 0.3 is 0 Å². The summed E-state index contributed by atoms with van der Waals surface area (Å²) >= 11 is 0. The second kappa shape index (κ2) is 9.75. The molecule has 0 aliphatic carbocycles. The van der Waals surface area contributed by atoms with Crippen molar-refractivity contribution in [3.8, 4) is 12.4 Å². The van der Waals surface area contributed by atoms with E-state index in [0.717, 1.165) is 19.3 Å². The summed E-state index contributed by atoms with van der Waals surface area (Å²) in [7, 11) is 0.344. The van der Waals surface area contributed by atoms with Gasteiger partial charge in [-0.15, -0.1) is 0 Å². The number of hydrogen-bond acceptors (Lipinski definition) is 3. The third kappa shape index (κ3) is 7.18. The molecule has 0 aromatic rings. The van der Waals surface area contributed by atoms with E-state index in [1.807, 2.05) is 12.4 Å². The topological polar surface area (TPSA) is 50.8 Å². The normalized spacial score (nSPS) is 12.3. The Morgan fingerprint density at radius 3 is 2.20 bits per heavy atom. The van der Waals surface area contributed by atoms with Gasteiger partial charge in [0, 0.05) is 8.73 Å². The fourth-order valence-electron chi connectivity index (χ4n) is 1.53. The molecule has 0 aromatic carbocycles. The van der Waals surface area contributed by atoms with Gasteiger partial charge in [0.05, 0.1) is 0 Å². The predicted molar refractivity (Wildman–Crippen MR) is 64.2 cm³/mol. The summed E-state index contributed by atoms with van der Waals surface area (Å²) in [6.45, 7) is 4.34. The lowest BCUT2D eigenvalue weighted by molar-refractivity contribution is 0.603. The number of rotatable bonds is 8. The number of nitrogens with zero attached hydrogens (tertiary/aromatic N) is 3. The molecule has 4 heteroatoms. The second-order valence-corrected chi connectivity index (χ2v) is 5.17. The summed E-state index contributed by atoms with van der Waals surface area (Å²) in [5, 5.41) is 17.4. The van der Waals surface area contributed by atoms with Crippen LogP contribution in [0.3, 0.4) is 0 Å². The largest absolute Gasteiger partial charge is 0.197 e. The third-order valence-corrected chi connectivity index (χ3v) is 3.71. The highest BCUT2D eigenvalue weighted by Crippen LogP contribution is 2.30. The van der Waals surface area contributed by atoms with Crippen LogP contribution >= 0.6 is 8.73 Å². The molecule has 0 N–H and O–H groups in total. The van der Waals surface area contributed by atoms with Crippen molar-refractivity contribution in [1.29, 1.82) is 10.5 Å². The van der Waals surface area contributed by atoms with Crippen LogP contribution in [0.1, 0.15) is 52.4 Å². The maximum absolute atomic E-state index is 8.68. The molecule has 0 aliphatic heterocycles. The molecule has 0 saturated heterocycles. The standard InChI is InChI=1S/C11H20N3P/c1-3-5-6-8-11(7-4-2)15-14(9-12)10-13/h11,15H,3-8H2,1-2H3. The minimum Gasteiger partial charge on any atom is -0.197 e. The lowest BCUT2D eigenvalue weighted by Crippen LogP contribution is -2.08. The highest BCUT2D eigenvalue weighted by atomic mass is 31.1. The van der Waals surface area contributed by atoms with E-state index >= 15 is 0 Å². The zero-order chi connectivity index (χ0) is 11.5. The Kier molecular flexibility index (Phi) is 9.24. The van der Waals surface area contributed by atoms with Gasteiger partial charge in [0.1, 0.15) is 0 Å². The van der Waals surface area contributed by atoms with Crippen molar-refractivity contribution in [2.45, 2.75) is 58.0 Å². The van der Waals surface area contributed by atoms with Crippen molar-refractivity contribution in [2.24, 2.45) is 0 Å². The molecular weight excluding hydrogens is 205 g/mol. The second-order valence-electron chi connectivity index (χ2n) is 3.65. The van der Waals surface area contributed by atoms with Crippen molar-refractivity contribution in [2.75, 3.05) is 0 Å². The molecule has 84 valence electrons. The van der Waals surface area contributed by atoms with Gasteiger partial charge in [-0.3, -0.25) is 0 Å². The van der Waals surface area contributed by atoms with Crippen LogP contribution < -0.4 is 0 Å². The van der Waals surface area contributed by atoms with E-state index < -0.39 is 0 Å². The highest BCUT2D eigenvalue weighted by Gasteiger charge is 2.11. The van der Waals surface area contributed by atoms with Crippen LogP contribution in [-0.2, 0) is 0 Å². The van der Waals surface area contributed by atoms with Crippen LogP contribution in [0.15, 0.2) is 0 Å². The van der Waals surface area contributed by atoms with Gasteiger partial charge in [-0.05, 0) is 18.5 Å². The van der Waals surface area contributed by atoms with Crippen molar-refractivity contribution in [3.05, 3.63) is 0 Å². The van der Waals surface area contributed by atoms with E-state index in [9.17, 15) is 0 Å². The first-order valence-corrected chi connectivity index (χ1v) is 6.66. The number of nitriles is 2. The predicted octanol–water partition coefficient (Wildman–Crippen LogP) is 3.59. The molecule has 0 radical (unpaired) electrons. The Morgan fingerprint density at radius 2 is 1.73 bits per heavy atom. The van der Waals surface area contributed by atoms with Crippen LogP contribution in [0.5, 0.6) is 0 Å². The maximum atomic E-state index is 8.68. The Morgan fingerprint density at radius 1 is 1.07 bits per heavy atom. The van der Waals surface area contributed by atoms with Gasteiger partial charge in [-0.1, -0.05) is 39.5 Å². The zero-order valence-electron chi connectivity index (χ0n) is 9.66. The smallest absolute Gasteiger partial charge is 0.197 e. The summed E-state index contributed by atoms with van der Waals surface area (Å²) in [6.07, 6.45) is 10.9. The average Bonchev–Trinajstić information content (AvgIpc) is 2.26. The third-order valence-electron chi connectivity index (χ3n) is 2.30. The first-order valence-electron chi connectivity index (χ1n) is 5.64. The summed E-state index contributed by atoms with van der Waals surface area (Å²) < 4.78 is 1.21. The first kappa shape index (κ1) is 14.2. The lowest BCUT2D eigenvalue weighted by Gasteiger charge is -2.17. The van der Waals surface area contributed by atoms with Gasteiger partial charge < -0.3 is 0 Å². The fourth-order valence-corrected chi connectivity index (χ4v) is 2.76. The van der Waals surface area contributed by atoms with E-state index in [-0.39, 0.29) is 0 Å². The molecular formula is C11H20N3P. The summed E-state index contributed by atoms with van der Waals surface area (Å²) in [5.74, 6) is 0. The summed E-state index contributed by atoms with van der Waals surface area (Å²) in [4.78, 5) is 0. The minimum atomic E-state index is 0.344. The van der Waals surface area contributed by atoms with Crippen LogP contribution in [0.2, 0.25) is 0 Å². The molecule has 0 aromatic heterocycles. The van der Waals surface area contributed by atoms with Crippen LogP contribution in [0.4, 0.5) is 0 Å². The van der Waals surface area contributed by atoms with Gasteiger partial charge in [-0.25, -0.2) is 0 Å². The quantitative estimate of drug-likeness (QED) is 0.274. The van der Waals surface area contributed by atoms with Crippen molar-refractivity contribution < 1.29 is 0 Å². The lowest BCUT2D eigenvalue weighted by atomic mass is 10.1. The average molecular weight is 225 g/mol. The molecule has 0 rings (SSSR count). The number of unbranched alkanes of at least 4 members (excludes halogenated alkanes) is 2. The van der Waals surface area contributed by atoms with Crippen molar-refractivity contribution in [1.82, 2.24) is 4.67 Å². The summed E-state index contributed by atoms with van der Waals surface area (Å²) in [5.41, 5.74) is 0.529. The molecule has 3 nitrogen and oxygen atoms in total. The minimum absolute atomic E-state index is 0.344. The molecule has 0 heterocycles. The Labute approximate surface area is 94.9 Å². The molecule has 0 amide bonds. The van der Waals surface area contributed by atoms with E-state index in [0.29, 0.717) is 14.4 Å². The van der Waals surface area contributed by atoms with Crippen LogP contribution in [0, 0.1) is 22.9 Å². The van der Waals surface area contributed by atoms with E-state index in [2.05, 4.69) is 13.8 Å². The van der Waals surface area contributed by atoms with Crippen LogP contribution in [-0.4, -0.2) is 10.3 Å². The van der Waals surface area contributed by atoms with Gasteiger partial charge in [0.15, 0.2) is 12.4 Å². The van der Waals surface area contributed by atoms with E-state index in [4.69, 9.17) is 10.5 Å². The Bertz CT molecular complexity index is 215. The maximum Gasteiger partial charge on any atom is 0.197 e. The molecule has 0 aliphatic rings. The molecule has 0 bridgehead atoms.